The number of carbonyl (C=O) groups is 1. The Bertz CT molecular complexity index is 726. The molecule has 4 N–H and O–H groups in total. The fourth-order valence-electron chi connectivity index (χ4n) is 2.74. The molecule has 8 heteroatoms. The summed E-state index contributed by atoms with van der Waals surface area (Å²) in [6.07, 6.45) is 6.10. The van der Waals surface area contributed by atoms with Crippen LogP contribution in [0.5, 0.6) is 0 Å². The monoisotopic (exact) mass is 318 g/mol. The van der Waals surface area contributed by atoms with E-state index in [1.54, 1.807) is 0 Å². The quantitative estimate of drug-likeness (QED) is 0.617. The molecule has 0 bridgehead atoms. The molecule has 0 aromatic carbocycles. The molecular formula is C14H18N6OS. The fourth-order valence-corrected chi connectivity index (χ4v) is 3.08. The number of nitrogens with two attached hydrogens (primary N) is 2. The van der Waals surface area contributed by atoms with Crippen molar-refractivity contribution < 1.29 is 4.79 Å². The lowest BCUT2D eigenvalue weighted by atomic mass is 9.93. The average molecular weight is 318 g/mol. The Morgan fingerprint density at radius 1 is 1.45 bits per heavy atom. The van der Waals surface area contributed by atoms with E-state index >= 15 is 0 Å². The first-order valence-corrected chi connectivity index (χ1v) is 8.38. The SMILES string of the molecule is CSc1ncc2c(n1)-c1c(c(C(N)=O)nn1CCCN)CC2. The Balaban J connectivity index is 2.18. The van der Waals surface area contributed by atoms with Gasteiger partial charge in [-0.3, -0.25) is 9.48 Å². The van der Waals surface area contributed by atoms with Gasteiger partial charge >= 0.3 is 0 Å². The minimum absolute atomic E-state index is 0.349. The van der Waals surface area contributed by atoms with Crippen molar-refractivity contribution in [2.75, 3.05) is 12.8 Å². The molecule has 0 fully saturated rings. The Kier molecular flexibility index (Phi) is 4.12. The molecule has 0 saturated heterocycles. The number of thioether (sulfide) groups is 1. The molecule has 7 nitrogen and oxygen atoms in total. The lowest BCUT2D eigenvalue weighted by Crippen LogP contribution is -2.15. The first-order valence-electron chi connectivity index (χ1n) is 7.15. The van der Waals surface area contributed by atoms with Crippen molar-refractivity contribution in [3.8, 4) is 11.4 Å². The Morgan fingerprint density at radius 3 is 2.95 bits per heavy atom. The third-order valence-corrected chi connectivity index (χ3v) is 4.31. The van der Waals surface area contributed by atoms with Gasteiger partial charge in [-0.25, -0.2) is 9.97 Å². The summed E-state index contributed by atoms with van der Waals surface area (Å²) in [4.78, 5) is 20.6. The highest BCUT2D eigenvalue weighted by Crippen LogP contribution is 2.34. The molecule has 0 radical (unpaired) electrons. The molecule has 0 spiro atoms. The Hall–Kier alpha value is -1.93. The van der Waals surface area contributed by atoms with Crippen LogP contribution < -0.4 is 11.5 Å². The number of fused-ring (bicyclic) bond motifs is 3. The number of nitrogens with zero attached hydrogens (tertiary/aromatic N) is 4. The molecule has 3 rings (SSSR count). The number of primary amides is 1. The third-order valence-electron chi connectivity index (χ3n) is 3.75. The van der Waals surface area contributed by atoms with Gasteiger partial charge in [0.2, 0.25) is 0 Å². The smallest absolute Gasteiger partial charge is 0.269 e. The summed E-state index contributed by atoms with van der Waals surface area (Å²) in [5.41, 5.74) is 15.1. The Morgan fingerprint density at radius 2 is 2.27 bits per heavy atom. The molecule has 1 amide bonds. The average Bonchev–Trinajstić information content (AvgIpc) is 2.91. The van der Waals surface area contributed by atoms with E-state index in [-0.39, 0.29) is 0 Å². The van der Waals surface area contributed by atoms with Gasteiger partial charge in [-0.05, 0) is 37.6 Å². The normalized spacial score (nSPS) is 12.8. The van der Waals surface area contributed by atoms with E-state index in [0.717, 1.165) is 41.8 Å². The molecule has 1 aliphatic carbocycles. The van der Waals surface area contributed by atoms with Crippen LogP contribution in [0, 0.1) is 0 Å². The molecule has 1 aliphatic rings. The molecule has 2 aromatic rings. The van der Waals surface area contributed by atoms with Gasteiger partial charge in [-0.15, -0.1) is 0 Å². The van der Waals surface area contributed by atoms with E-state index in [9.17, 15) is 4.79 Å². The lowest BCUT2D eigenvalue weighted by Gasteiger charge is -2.17. The van der Waals surface area contributed by atoms with Gasteiger partial charge in [0, 0.05) is 18.3 Å². The van der Waals surface area contributed by atoms with Crippen LogP contribution in [0.1, 0.15) is 28.0 Å². The molecule has 0 unspecified atom stereocenters. The van der Waals surface area contributed by atoms with Gasteiger partial charge in [-0.1, -0.05) is 11.8 Å². The predicted octanol–water partition coefficient (Wildman–Crippen LogP) is 0.608. The fraction of sp³-hybridized carbons (Fsp3) is 0.429. The summed E-state index contributed by atoms with van der Waals surface area (Å²) >= 11 is 1.49. The zero-order valence-corrected chi connectivity index (χ0v) is 13.2. The zero-order chi connectivity index (χ0) is 15.7. The lowest BCUT2D eigenvalue weighted by molar-refractivity contribution is 0.0994. The molecule has 2 heterocycles. The van der Waals surface area contributed by atoms with Crippen LogP contribution in [0.25, 0.3) is 11.4 Å². The summed E-state index contributed by atoms with van der Waals surface area (Å²) in [6.45, 7) is 1.21. The van der Waals surface area contributed by atoms with Crippen molar-refractivity contribution in [1.82, 2.24) is 19.7 Å². The van der Waals surface area contributed by atoms with Crippen molar-refractivity contribution in [3.63, 3.8) is 0 Å². The summed E-state index contributed by atoms with van der Waals surface area (Å²) in [5, 5.41) is 5.11. The van der Waals surface area contributed by atoms with Crippen LogP contribution in [0.2, 0.25) is 0 Å². The molecule has 0 aliphatic heterocycles. The van der Waals surface area contributed by atoms with Crippen molar-refractivity contribution in [1.29, 1.82) is 0 Å². The van der Waals surface area contributed by atoms with Crippen molar-refractivity contribution in [2.45, 2.75) is 31.0 Å². The highest BCUT2D eigenvalue weighted by molar-refractivity contribution is 7.98. The number of aryl methyl sites for hydroxylation is 2. The standard InChI is InChI=1S/C14H18N6OS/c1-22-14-17-7-8-3-4-9-11(13(16)21)19-20(6-2-5-15)12(9)10(8)18-14/h7H,2-6,15H2,1H3,(H2,16,21). The van der Waals surface area contributed by atoms with Crippen LogP contribution in [0.15, 0.2) is 11.4 Å². The van der Waals surface area contributed by atoms with Gasteiger partial charge in [-0.2, -0.15) is 5.10 Å². The second kappa shape index (κ2) is 6.05. The zero-order valence-electron chi connectivity index (χ0n) is 12.4. The predicted molar refractivity (Wildman–Crippen MR) is 84.6 cm³/mol. The van der Waals surface area contributed by atoms with Crippen LogP contribution >= 0.6 is 11.8 Å². The second-order valence-corrected chi connectivity index (χ2v) is 5.91. The first-order chi connectivity index (χ1) is 10.7. The number of hydrogen-bond donors (Lipinski definition) is 2. The van der Waals surface area contributed by atoms with Crippen molar-refractivity contribution in [2.24, 2.45) is 11.5 Å². The minimum Gasteiger partial charge on any atom is -0.364 e. The number of rotatable bonds is 5. The van der Waals surface area contributed by atoms with Crippen LogP contribution in [-0.4, -0.2) is 38.5 Å². The summed E-state index contributed by atoms with van der Waals surface area (Å²) < 4.78 is 1.82. The molecule has 2 aromatic heterocycles. The molecular weight excluding hydrogens is 300 g/mol. The van der Waals surface area contributed by atoms with E-state index < -0.39 is 5.91 Å². The molecule has 0 atom stereocenters. The van der Waals surface area contributed by atoms with Crippen molar-refractivity contribution >= 4 is 17.7 Å². The number of aromatic nitrogens is 4. The number of amides is 1. The number of hydrogen-bond acceptors (Lipinski definition) is 6. The molecule has 0 saturated carbocycles. The maximum absolute atomic E-state index is 11.7. The van der Waals surface area contributed by atoms with E-state index in [1.807, 2.05) is 17.1 Å². The van der Waals surface area contributed by atoms with E-state index in [2.05, 4.69) is 15.1 Å². The van der Waals surface area contributed by atoms with Crippen LogP contribution in [-0.2, 0) is 19.4 Å². The second-order valence-electron chi connectivity index (χ2n) is 5.14. The van der Waals surface area contributed by atoms with E-state index in [4.69, 9.17) is 11.5 Å². The molecule has 116 valence electrons. The third kappa shape index (κ3) is 2.48. The molecule has 22 heavy (non-hydrogen) atoms. The van der Waals surface area contributed by atoms with E-state index in [0.29, 0.717) is 23.9 Å². The summed E-state index contributed by atoms with van der Waals surface area (Å²) in [6, 6.07) is 0. The Labute approximate surface area is 132 Å². The maximum atomic E-state index is 11.7. The van der Waals surface area contributed by atoms with Gasteiger partial charge in [0.25, 0.3) is 5.91 Å². The highest BCUT2D eigenvalue weighted by Gasteiger charge is 2.28. The van der Waals surface area contributed by atoms with Crippen LogP contribution in [0.4, 0.5) is 0 Å². The first kappa shape index (κ1) is 15.0. The van der Waals surface area contributed by atoms with Gasteiger partial charge in [0.15, 0.2) is 10.9 Å². The summed E-state index contributed by atoms with van der Waals surface area (Å²) in [5.74, 6) is -0.495. The summed E-state index contributed by atoms with van der Waals surface area (Å²) in [7, 11) is 0. The number of carbonyl (C=O) groups excluding carboxylic acids is 1. The van der Waals surface area contributed by atoms with Gasteiger partial charge in [0.1, 0.15) is 0 Å². The minimum atomic E-state index is -0.495. The highest BCUT2D eigenvalue weighted by atomic mass is 32.2. The van der Waals surface area contributed by atoms with Gasteiger partial charge in [0.05, 0.1) is 11.4 Å². The largest absolute Gasteiger partial charge is 0.364 e. The van der Waals surface area contributed by atoms with Crippen LogP contribution in [0.3, 0.4) is 0 Å². The van der Waals surface area contributed by atoms with Gasteiger partial charge < -0.3 is 11.5 Å². The topological polar surface area (TPSA) is 113 Å². The van der Waals surface area contributed by atoms with E-state index in [1.165, 1.54) is 11.8 Å². The maximum Gasteiger partial charge on any atom is 0.269 e. The van der Waals surface area contributed by atoms with Crippen molar-refractivity contribution in [3.05, 3.63) is 23.0 Å².